The van der Waals surface area contributed by atoms with Crippen molar-refractivity contribution in [2.24, 2.45) is 0 Å². The standard InChI is InChI=1S/C12H17BrFN/c1-3-10(15-2)6-4-9-5-7-12(14)11(13)8-9/h5,7-8,10,15H,3-4,6H2,1-2H3. The number of benzene rings is 1. The van der Waals surface area contributed by atoms with Gasteiger partial charge in [-0.1, -0.05) is 13.0 Å². The molecule has 0 saturated heterocycles. The quantitative estimate of drug-likeness (QED) is 0.866. The van der Waals surface area contributed by atoms with E-state index in [1.54, 1.807) is 0 Å². The summed E-state index contributed by atoms with van der Waals surface area (Å²) in [4.78, 5) is 0. The zero-order chi connectivity index (χ0) is 11.3. The van der Waals surface area contributed by atoms with E-state index in [-0.39, 0.29) is 5.82 Å². The molecule has 0 aromatic heterocycles. The average Bonchev–Trinajstić information content (AvgIpc) is 2.24. The summed E-state index contributed by atoms with van der Waals surface area (Å²) in [5.41, 5.74) is 1.18. The van der Waals surface area contributed by atoms with Crippen LogP contribution in [0.1, 0.15) is 25.3 Å². The molecule has 84 valence electrons. The molecule has 0 aliphatic rings. The molecule has 1 aromatic rings. The fourth-order valence-corrected chi connectivity index (χ4v) is 2.01. The van der Waals surface area contributed by atoms with Crippen molar-refractivity contribution in [3.05, 3.63) is 34.1 Å². The molecule has 1 atom stereocenters. The van der Waals surface area contributed by atoms with Gasteiger partial charge in [0.25, 0.3) is 0 Å². The van der Waals surface area contributed by atoms with E-state index >= 15 is 0 Å². The molecule has 0 bridgehead atoms. The second-order valence-corrected chi connectivity index (χ2v) is 4.54. The van der Waals surface area contributed by atoms with Crippen molar-refractivity contribution < 1.29 is 4.39 Å². The van der Waals surface area contributed by atoms with Crippen LogP contribution in [-0.2, 0) is 6.42 Å². The summed E-state index contributed by atoms with van der Waals surface area (Å²) < 4.78 is 13.5. The highest BCUT2D eigenvalue weighted by Crippen LogP contribution is 2.18. The van der Waals surface area contributed by atoms with Crippen LogP contribution in [0.4, 0.5) is 4.39 Å². The van der Waals surface area contributed by atoms with Gasteiger partial charge < -0.3 is 5.32 Å². The maximum Gasteiger partial charge on any atom is 0.137 e. The van der Waals surface area contributed by atoms with E-state index in [0.717, 1.165) is 19.3 Å². The van der Waals surface area contributed by atoms with Crippen LogP contribution in [0.25, 0.3) is 0 Å². The van der Waals surface area contributed by atoms with Crippen molar-refractivity contribution in [1.29, 1.82) is 0 Å². The van der Waals surface area contributed by atoms with E-state index in [1.807, 2.05) is 19.2 Å². The summed E-state index contributed by atoms with van der Waals surface area (Å²) in [6.07, 6.45) is 3.20. The molecular weight excluding hydrogens is 257 g/mol. The van der Waals surface area contributed by atoms with Crippen LogP contribution < -0.4 is 5.32 Å². The Hall–Kier alpha value is -0.410. The molecule has 0 fully saturated rings. The van der Waals surface area contributed by atoms with Crippen molar-refractivity contribution in [3.63, 3.8) is 0 Å². The minimum atomic E-state index is -0.195. The molecule has 0 amide bonds. The number of rotatable bonds is 5. The summed E-state index contributed by atoms with van der Waals surface area (Å²) in [6.45, 7) is 2.17. The van der Waals surface area contributed by atoms with Gasteiger partial charge in [0.15, 0.2) is 0 Å². The Morgan fingerprint density at radius 1 is 1.47 bits per heavy atom. The molecule has 3 heteroatoms. The number of aryl methyl sites for hydroxylation is 1. The fraction of sp³-hybridized carbons (Fsp3) is 0.500. The minimum Gasteiger partial charge on any atom is -0.317 e. The molecule has 1 nitrogen and oxygen atoms in total. The average molecular weight is 274 g/mol. The highest BCUT2D eigenvalue weighted by molar-refractivity contribution is 9.10. The molecule has 15 heavy (non-hydrogen) atoms. The van der Waals surface area contributed by atoms with Crippen LogP contribution in [-0.4, -0.2) is 13.1 Å². The number of hydrogen-bond donors (Lipinski definition) is 1. The van der Waals surface area contributed by atoms with Gasteiger partial charge in [0.05, 0.1) is 4.47 Å². The summed E-state index contributed by atoms with van der Waals surface area (Å²) in [7, 11) is 1.98. The molecule has 1 aromatic carbocycles. The zero-order valence-corrected chi connectivity index (χ0v) is 10.8. The summed E-state index contributed by atoms with van der Waals surface area (Å²) in [5.74, 6) is -0.195. The fourth-order valence-electron chi connectivity index (χ4n) is 1.59. The van der Waals surface area contributed by atoms with Crippen LogP contribution in [0.5, 0.6) is 0 Å². The lowest BCUT2D eigenvalue weighted by Crippen LogP contribution is -2.24. The number of nitrogens with one attached hydrogen (secondary N) is 1. The Morgan fingerprint density at radius 3 is 2.73 bits per heavy atom. The highest BCUT2D eigenvalue weighted by Gasteiger charge is 2.05. The van der Waals surface area contributed by atoms with Crippen molar-refractivity contribution in [1.82, 2.24) is 5.32 Å². The molecule has 0 aliphatic heterocycles. The van der Waals surface area contributed by atoms with E-state index in [0.29, 0.717) is 10.5 Å². The number of halogens is 2. The monoisotopic (exact) mass is 273 g/mol. The van der Waals surface area contributed by atoms with Crippen molar-refractivity contribution in [3.8, 4) is 0 Å². The third kappa shape index (κ3) is 3.92. The maximum absolute atomic E-state index is 13.0. The number of hydrogen-bond acceptors (Lipinski definition) is 1. The molecule has 1 rings (SSSR count). The highest BCUT2D eigenvalue weighted by atomic mass is 79.9. The largest absolute Gasteiger partial charge is 0.317 e. The maximum atomic E-state index is 13.0. The van der Waals surface area contributed by atoms with Crippen LogP contribution in [0.15, 0.2) is 22.7 Å². The Morgan fingerprint density at radius 2 is 2.20 bits per heavy atom. The summed E-state index contributed by atoms with van der Waals surface area (Å²) in [6, 6.07) is 5.77. The van der Waals surface area contributed by atoms with Gasteiger partial charge in [-0.15, -0.1) is 0 Å². The third-order valence-corrected chi connectivity index (χ3v) is 3.27. The summed E-state index contributed by atoms with van der Waals surface area (Å²) in [5, 5.41) is 3.26. The molecule has 1 unspecified atom stereocenters. The van der Waals surface area contributed by atoms with E-state index in [1.165, 1.54) is 11.6 Å². The third-order valence-electron chi connectivity index (χ3n) is 2.67. The van der Waals surface area contributed by atoms with E-state index < -0.39 is 0 Å². The molecule has 0 spiro atoms. The molecule has 1 N–H and O–H groups in total. The molecule has 0 saturated carbocycles. The Labute approximate surface area is 99.2 Å². The van der Waals surface area contributed by atoms with Crippen molar-refractivity contribution in [2.45, 2.75) is 32.2 Å². The molecule has 0 aliphatic carbocycles. The first-order valence-corrected chi connectivity index (χ1v) is 6.07. The predicted molar refractivity (Wildman–Crippen MR) is 65.6 cm³/mol. The van der Waals surface area contributed by atoms with Crippen LogP contribution >= 0.6 is 15.9 Å². The molecular formula is C12H17BrFN. The topological polar surface area (TPSA) is 12.0 Å². The second-order valence-electron chi connectivity index (χ2n) is 3.68. The van der Waals surface area contributed by atoms with E-state index in [2.05, 4.69) is 28.2 Å². The van der Waals surface area contributed by atoms with E-state index in [9.17, 15) is 4.39 Å². The Balaban J connectivity index is 2.54. The van der Waals surface area contributed by atoms with Gasteiger partial charge in [0, 0.05) is 6.04 Å². The van der Waals surface area contributed by atoms with Gasteiger partial charge in [-0.3, -0.25) is 0 Å². The zero-order valence-electron chi connectivity index (χ0n) is 9.19. The lowest BCUT2D eigenvalue weighted by Gasteiger charge is -2.13. The van der Waals surface area contributed by atoms with Crippen molar-refractivity contribution >= 4 is 15.9 Å². The first kappa shape index (κ1) is 12.7. The van der Waals surface area contributed by atoms with Gasteiger partial charge in [-0.25, -0.2) is 4.39 Å². The Bertz CT molecular complexity index is 310. The van der Waals surface area contributed by atoms with Gasteiger partial charge in [0.2, 0.25) is 0 Å². The first-order valence-electron chi connectivity index (χ1n) is 5.28. The van der Waals surface area contributed by atoms with E-state index in [4.69, 9.17) is 0 Å². The second kappa shape index (κ2) is 6.23. The first-order chi connectivity index (χ1) is 7.17. The summed E-state index contributed by atoms with van der Waals surface area (Å²) >= 11 is 3.20. The van der Waals surface area contributed by atoms with Crippen LogP contribution in [0, 0.1) is 5.82 Å². The van der Waals surface area contributed by atoms with Gasteiger partial charge in [-0.2, -0.15) is 0 Å². The van der Waals surface area contributed by atoms with Gasteiger partial charge in [0.1, 0.15) is 5.82 Å². The van der Waals surface area contributed by atoms with Gasteiger partial charge >= 0.3 is 0 Å². The lowest BCUT2D eigenvalue weighted by atomic mass is 10.0. The lowest BCUT2D eigenvalue weighted by molar-refractivity contribution is 0.508. The van der Waals surface area contributed by atoms with Gasteiger partial charge in [-0.05, 0) is 59.9 Å². The molecule has 0 radical (unpaired) electrons. The SMILES string of the molecule is CCC(CCc1ccc(F)c(Br)c1)NC. The molecule has 0 heterocycles. The van der Waals surface area contributed by atoms with Crippen molar-refractivity contribution in [2.75, 3.05) is 7.05 Å². The smallest absolute Gasteiger partial charge is 0.137 e. The van der Waals surface area contributed by atoms with Crippen LogP contribution in [0.2, 0.25) is 0 Å². The normalized spacial score (nSPS) is 12.8. The predicted octanol–water partition coefficient (Wildman–Crippen LogP) is 3.52. The Kier molecular flexibility index (Phi) is 5.26. The van der Waals surface area contributed by atoms with Crippen LogP contribution in [0.3, 0.4) is 0 Å². The minimum absolute atomic E-state index is 0.195.